The Morgan fingerprint density at radius 3 is 2.56 bits per heavy atom. The van der Waals surface area contributed by atoms with Gasteiger partial charge in [0, 0.05) is 58.7 Å². The number of nitrogens with zero attached hydrogens (tertiary/aromatic N) is 5. The molecule has 7 nitrogen and oxygen atoms in total. The number of aromatic nitrogens is 2. The lowest BCUT2D eigenvalue weighted by Gasteiger charge is -2.36. The zero-order valence-corrected chi connectivity index (χ0v) is 21.5. The summed E-state index contributed by atoms with van der Waals surface area (Å²) in [5.74, 6) is 2.66. The number of rotatable bonds is 6. The lowest BCUT2D eigenvalue weighted by molar-refractivity contribution is 0.173. The minimum atomic E-state index is 0. The third-order valence-electron chi connectivity index (χ3n) is 5.78. The number of piperazine rings is 1. The molecule has 1 N–H and O–H groups in total. The molecule has 0 atom stereocenters. The summed E-state index contributed by atoms with van der Waals surface area (Å²) in [6, 6.07) is 15.2. The van der Waals surface area contributed by atoms with Crippen molar-refractivity contribution >= 4 is 40.7 Å². The van der Waals surface area contributed by atoms with E-state index in [4.69, 9.17) is 4.52 Å². The highest BCUT2D eigenvalue weighted by Gasteiger charge is 2.20. The molecule has 0 saturated carbocycles. The lowest BCUT2D eigenvalue weighted by atomic mass is 10.0. The molecule has 32 heavy (non-hydrogen) atoms. The number of hydrogen-bond donors (Lipinski definition) is 1. The van der Waals surface area contributed by atoms with Crippen molar-refractivity contribution < 1.29 is 4.52 Å². The number of hydrogen-bond acceptors (Lipinski definition) is 5. The number of nitrogens with one attached hydrogen (secondary N) is 1. The van der Waals surface area contributed by atoms with Gasteiger partial charge in [0.05, 0.1) is 0 Å². The van der Waals surface area contributed by atoms with Crippen LogP contribution >= 0.6 is 24.0 Å². The molecule has 0 unspecified atom stereocenters. The topological polar surface area (TPSA) is 69.8 Å². The van der Waals surface area contributed by atoms with Gasteiger partial charge in [-0.1, -0.05) is 61.5 Å². The Kier molecular flexibility index (Phi) is 8.86. The zero-order chi connectivity index (χ0) is 21.6. The Morgan fingerprint density at radius 1 is 1.09 bits per heavy atom. The third-order valence-corrected chi connectivity index (χ3v) is 5.78. The van der Waals surface area contributed by atoms with Crippen LogP contribution in [-0.4, -0.2) is 65.7 Å². The molecule has 1 aliphatic heterocycles. The van der Waals surface area contributed by atoms with Crippen LogP contribution in [0.1, 0.15) is 37.0 Å². The van der Waals surface area contributed by atoms with Crippen molar-refractivity contribution in [2.24, 2.45) is 4.99 Å². The smallest absolute Gasteiger partial charge is 0.228 e. The molecule has 0 spiro atoms. The van der Waals surface area contributed by atoms with E-state index in [-0.39, 0.29) is 29.9 Å². The second-order valence-electron chi connectivity index (χ2n) is 8.33. The van der Waals surface area contributed by atoms with Gasteiger partial charge in [0.1, 0.15) is 0 Å². The van der Waals surface area contributed by atoms with Crippen molar-refractivity contribution in [3.63, 3.8) is 0 Å². The van der Waals surface area contributed by atoms with E-state index in [1.807, 2.05) is 7.05 Å². The summed E-state index contributed by atoms with van der Waals surface area (Å²) >= 11 is 0. The van der Waals surface area contributed by atoms with E-state index in [1.165, 1.54) is 16.3 Å². The van der Waals surface area contributed by atoms with Crippen molar-refractivity contribution in [1.29, 1.82) is 0 Å². The summed E-state index contributed by atoms with van der Waals surface area (Å²) in [5.41, 5.74) is 1.40. The third kappa shape index (κ3) is 5.98. The molecule has 2 aromatic carbocycles. The first-order valence-electron chi connectivity index (χ1n) is 11.1. The Labute approximate surface area is 207 Å². The van der Waals surface area contributed by atoms with Crippen LogP contribution in [0.4, 0.5) is 0 Å². The molecule has 8 heteroatoms. The Bertz CT molecular complexity index is 1020. The van der Waals surface area contributed by atoms with Crippen molar-refractivity contribution in [2.45, 2.75) is 32.7 Å². The molecule has 0 bridgehead atoms. The highest BCUT2D eigenvalue weighted by molar-refractivity contribution is 14.0. The van der Waals surface area contributed by atoms with Crippen LogP contribution < -0.4 is 5.32 Å². The molecule has 3 aromatic rings. The standard InChI is InChI=1S/C24H32N6O.HI/c1-18(2)23-27-22(31-28-23)11-12-26-24(25-3)30-15-13-29(14-16-30)17-20-9-6-8-19-7-4-5-10-21(19)20;/h4-10,18H,11-17H2,1-3H3,(H,25,26);1H. The largest absolute Gasteiger partial charge is 0.356 e. The first kappa shape index (κ1) is 24.4. The number of benzene rings is 2. The van der Waals surface area contributed by atoms with Gasteiger partial charge in [-0.15, -0.1) is 24.0 Å². The molecule has 1 aromatic heterocycles. The summed E-state index contributed by atoms with van der Waals surface area (Å²) in [7, 11) is 1.84. The first-order chi connectivity index (χ1) is 15.1. The average molecular weight is 548 g/mol. The fourth-order valence-electron chi connectivity index (χ4n) is 4.01. The summed E-state index contributed by atoms with van der Waals surface area (Å²) in [6.45, 7) is 9.80. The van der Waals surface area contributed by atoms with E-state index in [1.54, 1.807) is 0 Å². The maximum Gasteiger partial charge on any atom is 0.228 e. The van der Waals surface area contributed by atoms with Gasteiger partial charge in [0.2, 0.25) is 5.89 Å². The van der Waals surface area contributed by atoms with E-state index in [9.17, 15) is 0 Å². The van der Waals surface area contributed by atoms with Gasteiger partial charge in [-0.3, -0.25) is 9.89 Å². The fraction of sp³-hybridized carbons (Fsp3) is 0.458. The van der Waals surface area contributed by atoms with Gasteiger partial charge in [-0.25, -0.2) is 0 Å². The highest BCUT2D eigenvalue weighted by atomic mass is 127. The van der Waals surface area contributed by atoms with Crippen LogP contribution in [-0.2, 0) is 13.0 Å². The normalized spacial score (nSPS) is 15.2. The molecule has 172 valence electrons. The van der Waals surface area contributed by atoms with Crippen LogP contribution in [0.25, 0.3) is 10.8 Å². The van der Waals surface area contributed by atoms with Crippen LogP contribution in [0.5, 0.6) is 0 Å². The minimum absolute atomic E-state index is 0. The molecule has 2 heterocycles. The molecule has 0 radical (unpaired) electrons. The van der Waals surface area contributed by atoms with Gasteiger partial charge < -0.3 is 14.7 Å². The zero-order valence-electron chi connectivity index (χ0n) is 19.1. The van der Waals surface area contributed by atoms with Gasteiger partial charge in [0.15, 0.2) is 11.8 Å². The number of guanidine groups is 1. The molecule has 0 amide bonds. The van der Waals surface area contributed by atoms with E-state index >= 15 is 0 Å². The Balaban J connectivity index is 0.00000289. The Hall–Kier alpha value is -2.20. The van der Waals surface area contributed by atoms with E-state index in [0.717, 1.165) is 51.1 Å². The summed E-state index contributed by atoms with van der Waals surface area (Å²) < 4.78 is 5.33. The average Bonchev–Trinajstić information content (AvgIpc) is 3.27. The number of aliphatic imine (C=N–C) groups is 1. The maximum atomic E-state index is 5.33. The summed E-state index contributed by atoms with van der Waals surface area (Å²) in [5, 5.41) is 10.1. The van der Waals surface area contributed by atoms with Crippen molar-refractivity contribution in [2.75, 3.05) is 39.8 Å². The predicted octanol–water partition coefficient (Wildman–Crippen LogP) is 3.90. The van der Waals surface area contributed by atoms with E-state index in [0.29, 0.717) is 12.3 Å². The SMILES string of the molecule is CN=C(NCCc1nc(C(C)C)no1)N1CCN(Cc2cccc3ccccc23)CC1.I. The summed E-state index contributed by atoms with van der Waals surface area (Å²) in [6.07, 6.45) is 0.694. The molecule has 1 aliphatic rings. The van der Waals surface area contributed by atoms with Gasteiger partial charge in [-0.05, 0) is 16.3 Å². The fourth-order valence-corrected chi connectivity index (χ4v) is 4.01. The van der Waals surface area contributed by atoms with Crippen molar-refractivity contribution in [3.8, 4) is 0 Å². The molecule has 0 aliphatic carbocycles. The molecule has 1 fully saturated rings. The van der Waals surface area contributed by atoms with Crippen molar-refractivity contribution in [1.82, 2.24) is 25.3 Å². The molecule has 4 rings (SSSR count). The van der Waals surface area contributed by atoms with Crippen LogP contribution in [0.15, 0.2) is 52.0 Å². The molecular formula is C24H33IN6O. The van der Waals surface area contributed by atoms with Gasteiger partial charge in [-0.2, -0.15) is 4.98 Å². The molecule has 1 saturated heterocycles. The maximum absolute atomic E-state index is 5.33. The first-order valence-corrected chi connectivity index (χ1v) is 11.1. The van der Waals surface area contributed by atoms with Gasteiger partial charge in [0.25, 0.3) is 0 Å². The predicted molar refractivity (Wildman–Crippen MR) is 140 cm³/mol. The van der Waals surface area contributed by atoms with Crippen LogP contribution in [0, 0.1) is 0 Å². The van der Waals surface area contributed by atoms with Crippen LogP contribution in [0.3, 0.4) is 0 Å². The van der Waals surface area contributed by atoms with Crippen molar-refractivity contribution in [3.05, 3.63) is 59.7 Å². The Morgan fingerprint density at radius 2 is 1.84 bits per heavy atom. The quantitative estimate of drug-likeness (QED) is 0.287. The van der Waals surface area contributed by atoms with Gasteiger partial charge >= 0.3 is 0 Å². The second-order valence-corrected chi connectivity index (χ2v) is 8.33. The highest BCUT2D eigenvalue weighted by Crippen LogP contribution is 2.20. The monoisotopic (exact) mass is 548 g/mol. The summed E-state index contributed by atoms with van der Waals surface area (Å²) in [4.78, 5) is 13.8. The second kappa shape index (κ2) is 11.6. The number of halogens is 1. The lowest BCUT2D eigenvalue weighted by Crippen LogP contribution is -2.52. The molecular weight excluding hydrogens is 515 g/mol. The number of fused-ring (bicyclic) bond motifs is 1. The van der Waals surface area contributed by atoms with Crippen LogP contribution in [0.2, 0.25) is 0 Å². The van der Waals surface area contributed by atoms with E-state index in [2.05, 4.69) is 86.6 Å². The van der Waals surface area contributed by atoms with E-state index < -0.39 is 0 Å². The minimum Gasteiger partial charge on any atom is -0.356 e.